The Hall–Kier alpha value is -3.00. The first-order valence-corrected chi connectivity index (χ1v) is 12.1. The third-order valence-electron chi connectivity index (χ3n) is 6.19. The molecule has 0 spiro atoms. The van der Waals surface area contributed by atoms with E-state index in [9.17, 15) is 10.2 Å². The zero-order valence-corrected chi connectivity index (χ0v) is 20.8. The lowest BCUT2D eigenvalue weighted by Crippen LogP contribution is -1.89. The number of allylic oxidation sites excluding steroid dienone is 6. The van der Waals surface area contributed by atoms with Crippen LogP contribution in [-0.4, -0.2) is 10.2 Å². The SMILES string of the molecule is CC(C)=CCC/C(C)=C/CCc1ccc2c(O)c3ccc(CCC=C(C)C)cc3c(O)c2c1. The molecular formula is C31H38O2. The smallest absolute Gasteiger partial charge is 0.131 e. The minimum Gasteiger partial charge on any atom is -0.507 e. The number of aryl methyl sites for hydroxylation is 2. The average Bonchev–Trinajstić information content (AvgIpc) is 2.77. The highest BCUT2D eigenvalue weighted by molar-refractivity contribution is 6.10. The van der Waals surface area contributed by atoms with Gasteiger partial charge in [-0.1, -0.05) is 59.2 Å². The second kappa shape index (κ2) is 11.2. The van der Waals surface area contributed by atoms with Crippen molar-refractivity contribution in [3.05, 3.63) is 82.5 Å². The number of benzene rings is 3. The van der Waals surface area contributed by atoms with Gasteiger partial charge in [0, 0.05) is 21.5 Å². The molecule has 174 valence electrons. The Morgan fingerprint density at radius 1 is 0.606 bits per heavy atom. The van der Waals surface area contributed by atoms with E-state index in [4.69, 9.17) is 0 Å². The van der Waals surface area contributed by atoms with Crippen LogP contribution < -0.4 is 0 Å². The van der Waals surface area contributed by atoms with Crippen LogP contribution in [0.2, 0.25) is 0 Å². The first-order chi connectivity index (χ1) is 15.8. The van der Waals surface area contributed by atoms with Crippen molar-refractivity contribution in [1.29, 1.82) is 0 Å². The van der Waals surface area contributed by atoms with Crippen molar-refractivity contribution in [1.82, 2.24) is 0 Å². The number of fused-ring (bicyclic) bond motifs is 2. The summed E-state index contributed by atoms with van der Waals surface area (Å²) in [6.07, 6.45) is 12.8. The Morgan fingerprint density at radius 3 is 1.58 bits per heavy atom. The molecule has 0 aliphatic carbocycles. The lowest BCUT2D eigenvalue weighted by Gasteiger charge is -2.12. The van der Waals surface area contributed by atoms with Crippen LogP contribution in [0.3, 0.4) is 0 Å². The number of rotatable bonds is 9. The van der Waals surface area contributed by atoms with Gasteiger partial charge in [0.15, 0.2) is 0 Å². The summed E-state index contributed by atoms with van der Waals surface area (Å²) in [7, 11) is 0. The molecule has 0 heterocycles. The second-order valence-electron chi connectivity index (χ2n) is 9.69. The highest BCUT2D eigenvalue weighted by atomic mass is 16.3. The molecule has 33 heavy (non-hydrogen) atoms. The molecule has 0 saturated carbocycles. The molecular weight excluding hydrogens is 404 g/mol. The molecule has 3 rings (SSSR count). The summed E-state index contributed by atoms with van der Waals surface area (Å²) in [5.74, 6) is 0.507. The maximum absolute atomic E-state index is 11.1. The molecule has 0 bridgehead atoms. The fourth-order valence-electron chi connectivity index (χ4n) is 4.29. The molecule has 0 aliphatic heterocycles. The first kappa shape index (κ1) is 24.6. The van der Waals surface area contributed by atoms with Crippen molar-refractivity contribution in [2.45, 2.75) is 73.1 Å². The van der Waals surface area contributed by atoms with E-state index in [1.54, 1.807) is 0 Å². The van der Waals surface area contributed by atoms with Crippen molar-refractivity contribution in [2.24, 2.45) is 0 Å². The van der Waals surface area contributed by atoms with Gasteiger partial charge in [0.05, 0.1) is 0 Å². The topological polar surface area (TPSA) is 40.5 Å². The normalized spacial score (nSPS) is 11.7. The maximum atomic E-state index is 11.1. The fraction of sp³-hybridized carbons (Fsp3) is 0.355. The van der Waals surface area contributed by atoms with Crippen LogP contribution in [-0.2, 0) is 12.8 Å². The van der Waals surface area contributed by atoms with Gasteiger partial charge in [-0.15, -0.1) is 0 Å². The molecule has 3 aromatic rings. The lowest BCUT2D eigenvalue weighted by atomic mass is 9.95. The molecule has 0 aliphatic rings. The Kier molecular flexibility index (Phi) is 8.38. The van der Waals surface area contributed by atoms with Crippen LogP contribution in [0, 0.1) is 0 Å². The van der Waals surface area contributed by atoms with E-state index >= 15 is 0 Å². The van der Waals surface area contributed by atoms with E-state index in [0.717, 1.165) is 49.3 Å². The Bertz CT molecular complexity index is 1220. The quantitative estimate of drug-likeness (QED) is 0.197. The number of hydrogen-bond acceptors (Lipinski definition) is 2. The van der Waals surface area contributed by atoms with E-state index in [1.165, 1.54) is 27.8 Å². The van der Waals surface area contributed by atoms with Crippen LogP contribution in [0.5, 0.6) is 11.5 Å². The van der Waals surface area contributed by atoms with Crippen LogP contribution >= 0.6 is 0 Å². The molecule has 2 nitrogen and oxygen atoms in total. The summed E-state index contributed by atoms with van der Waals surface area (Å²) in [5, 5.41) is 24.9. The highest BCUT2D eigenvalue weighted by Crippen LogP contribution is 2.42. The summed E-state index contributed by atoms with van der Waals surface area (Å²) in [5.41, 5.74) is 6.44. The summed E-state index contributed by atoms with van der Waals surface area (Å²) in [4.78, 5) is 0. The average molecular weight is 443 g/mol. The largest absolute Gasteiger partial charge is 0.507 e. The van der Waals surface area contributed by atoms with E-state index in [1.807, 2.05) is 30.3 Å². The number of phenols is 2. The Labute approximate surface area is 199 Å². The zero-order chi connectivity index (χ0) is 24.0. The molecule has 0 saturated heterocycles. The van der Waals surface area contributed by atoms with E-state index < -0.39 is 0 Å². The standard InChI is InChI=1S/C31H38O2/c1-21(2)9-6-11-23(5)12-8-14-25-16-18-27-29(20-25)31(33)28-19-24(13-7-10-22(3)4)15-17-26(28)30(27)32/h9-10,12,15-20,32-33H,6-8,11,13-14H2,1-5H3/b23-12+. The first-order valence-electron chi connectivity index (χ1n) is 12.1. The van der Waals surface area contributed by atoms with Crippen molar-refractivity contribution >= 4 is 21.5 Å². The van der Waals surface area contributed by atoms with Crippen LogP contribution in [0.15, 0.2) is 71.3 Å². The molecule has 0 unspecified atom stereocenters. The van der Waals surface area contributed by atoms with Crippen LogP contribution in [0.1, 0.15) is 71.4 Å². The third kappa shape index (κ3) is 6.51. The second-order valence-corrected chi connectivity index (χ2v) is 9.69. The molecule has 0 atom stereocenters. The minimum absolute atomic E-state index is 0.246. The number of aromatic hydroxyl groups is 2. The fourth-order valence-corrected chi connectivity index (χ4v) is 4.29. The van der Waals surface area contributed by atoms with Gasteiger partial charge in [0.1, 0.15) is 11.5 Å². The Morgan fingerprint density at radius 2 is 1.06 bits per heavy atom. The van der Waals surface area contributed by atoms with Gasteiger partial charge in [-0.3, -0.25) is 0 Å². The van der Waals surface area contributed by atoms with Gasteiger partial charge in [0.2, 0.25) is 0 Å². The van der Waals surface area contributed by atoms with Crippen molar-refractivity contribution in [3.63, 3.8) is 0 Å². The summed E-state index contributed by atoms with van der Waals surface area (Å²) >= 11 is 0. The van der Waals surface area contributed by atoms with E-state index in [2.05, 4.69) is 58.9 Å². The van der Waals surface area contributed by atoms with Gasteiger partial charge in [-0.25, -0.2) is 0 Å². The van der Waals surface area contributed by atoms with E-state index in [-0.39, 0.29) is 11.5 Å². The van der Waals surface area contributed by atoms with Crippen LogP contribution in [0.4, 0.5) is 0 Å². The van der Waals surface area contributed by atoms with E-state index in [0.29, 0.717) is 10.8 Å². The predicted octanol–water partition coefficient (Wildman–Crippen LogP) is 8.93. The summed E-state index contributed by atoms with van der Waals surface area (Å²) in [6.45, 7) is 10.7. The van der Waals surface area contributed by atoms with Gasteiger partial charge in [-0.05, 0) is 96.4 Å². The Balaban J connectivity index is 1.83. The highest BCUT2D eigenvalue weighted by Gasteiger charge is 2.14. The molecule has 0 fully saturated rings. The third-order valence-corrected chi connectivity index (χ3v) is 6.19. The summed E-state index contributed by atoms with van der Waals surface area (Å²) in [6, 6.07) is 12.0. The van der Waals surface area contributed by atoms with Gasteiger partial charge in [0.25, 0.3) is 0 Å². The number of hydrogen-bond donors (Lipinski definition) is 2. The van der Waals surface area contributed by atoms with Gasteiger partial charge >= 0.3 is 0 Å². The van der Waals surface area contributed by atoms with Crippen molar-refractivity contribution in [3.8, 4) is 11.5 Å². The van der Waals surface area contributed by atoms with Gasteiger partial charge < -0.3 is 10.2 Å². The molecule has 3 aromatic carbocycles. The minimum atomic E-state index is 0.246. The molecule has 0 aromatic heterocycles. The number of phenolic OH excluding ortho intramolecular Hbond substituents is 2. The zero-order valence-electron chi connectivity index (χ0n) is 20.8. The van der Waals surface area contributed by atoms with Gasteiger partial charge in [-0.2, -0.15) is 0 Å². The molecule has 2 N–H and O–H groups in total. The van der Waals surface area contributed by atoms with Crippen LogP contribution in [0.25, 0.3) is 21.5 Å². The predicted molar refractivity (Wildman–Crippen MR) is 143 cm³/mol. The summed E-state index contributed by atoms with van der Waals surface area (Å²) < 4.78 is 0. The molecule has 0 radical (unpaired) electrons. The molecule has 0 amide bonds. The lowest BCUT2D eigenvalue weighted by molar-refractivity contribution is 0.478. The monoisotopic (exact) mass is 442 g/mol. The van der Waals surface area contributed by atoms with Crippen molar-refractivity contribution in [2.75, 3.05) is 0 Å². The maximum Gasteiger partial charge on any atom is 0.131 e. The molecule has 2 heteroatoms. The van der Waals surface area contributed by atoms with Crippen molar-refractivity contribution < 1.29 is 10.2 Å².